The number of halogens is 2. The van der Waals surface area contributed by atoms with Crippen LogP contribution in [0.2, 0.25) is 10.0 Å². The Labute approximate surface area is 123 Å². The molecule has 3 nitrogen and oxygen atoms in total. The largest absolute Gasteiger partial charge is 0.353 e. The Morgan fingerprint density at radius 1 is 1.37 bits per heavy atom. The van der Waals surface area contributed by atoms with Crippen molar-refractivity contribution in [2.24, 2.45) is 5.92 Å². The summed E-state index contributed by atoms with van der Waals surface area (Å²) in [5, 5.41) is 4.22. The van der Waals surface area contributed by atoms with Crippen molar-refractivity contribution in [2.75, 3.05) is 13.1 Å². The van der Waals surface area contributed by atoms with Gasteiger partial charge in [-0.25, -0.2) is 0 Å². The third-order valence-corrected chi connectivity index (χ3v) is 4.12. The lowest BCUT2D eigenvalue weighted by Crippen LogP contribution is -2.56. The van der Waals surface area contributed by atoms with Crippen molar-refractivity contribution < 1.29 is 4.79 Å². The van der Waals surface area contributed by atoms with Gasteiger partial charge in [0, 0.05) is 35.2 Å². The van der Waals surface area contributed by atoms with Gasteiger partial charge in [0.05, 0.1) is 6.04 Å². The molecule has 1 saturated heterocycles. The van der Waals surface area contributed by atoms with E-state index >= 15 is 0 Å². The van der Waals surface area contributed by atoms with Gasteiger partial charge in [-0.2, -0.15) is 0 Å². The van der Waals surface area contributed by atoms with Crippen molar-refractivity contribution in [1.29, 1.82) is 0 Å². The first-order chi connectivity index (χ1) is 9.00. The van der Waals surface area contributed by atoms with Crippen LogP contribution >= 0.6 is 23.2 Å². The molecule has 0 aromatic heterocycles. The molecule has 1 aliphatic heterocycles. The zero-order valence-corrected chi connectivity index (χ0v) is 12.6. The van der Waals surface area contributed by atoms with Crippen molar-refractivity contribution in [3.8, 4) is 0 Å². The van der Waals surface area contributed by atoms with Crippen LogP contribution in [0.5, 0.6) is 0 Å². The Balaban J connectivity index is 2.23. The Bertz CT molecular complexity index is 456. The first-order valence-electron chi connectivity index (χ1n) is 6.45. The topological polar surface area (TPSA) is 32.3 Å². The minimum Gasteiger partial charge on any atom is -0.353 e. The van der Waals surface area contributed by atoms with E-state index < -0.39 is 0 Å². The lowest BCUT2D eigenvalue weighted by atomic mass is 9.99. The highest BCUT2D eigenvalue weighted by Crippen LogP contribution is 2.27. The molecular weight excluding hydrogens is 283 g/mol. The number of benzene rings is 1. The number of hydrogen-bond acceptors (Lipinski definition) is 2. The molecule has 1 heterocycles. The highest BCUT2D eigenvalue weighted by Gasteiger charge is 2.32. The van der Waals surface area contributed by atoms with Gasteiger partial charge in [0.25, 0.3) is 0 Å². The first-order valence-corrected chi connectivity index (χ1v) is 7.21. The third-order valence-electron chi connectivity index (χ3n) is 3.41. The maximum atomic E-state index is 12.0. The fourth-order valence-corrected chi connectivity index (χ4v) is 3.04. The van der Waals surface area contributed by atoms with Crippen LogP contribution in [0.4, 0.5) is 0 Å². The average Bonchev–Trinajstić information content (AvgIpc) is 2.33. The van der Waals surface area contributed by atoms with E-state index in [4.69, 9.17) is 23.2 Å². The number of carbonyl (C=O) groups is 1. The monoisotopic (exact) mass is 300 g/mol. The van der Waals surface area contributed by atoms with E-state index in [1.54, 1.807) is 0 Å². The normalized spacial score (nSPS) is 20.7. The lowest BCUT2D eigenvalue weighted by Gasteiger charge is -2.37. The summed E-state index contributed by atoms with van der Waals surface area (Å²) in [4.78, 5) is 14.1. The van der Waals surface area contributed by atoms with Gasteiger partial charge < -0.3 is 5.32 Å². The predicted molar refractivity (Wildman–Crippen MR) is 78.5 cm³/mol. The van der Waals surface area contributed by atoms with Crippen molar-refractivity contribution in [3.05, 3.63) is 33.8 Å². The van der Waals surface area contributed by atoms with Crippen LogP contribution in [-0.4, -0.2) is 29.9 Å². The molecule has 1 aliphatic rings. The maximum Gasteiger partial charge on any atom is 0.237 e. The van der Waals surface area contributed by atoms with E-state index in [2.05, 4.69) is 24.1 Å². The highest BCUT2D eigenvalue weighted by atomic mass is 35.5. The minimum absolute atomic E-state index is 0.0874. The Kier molecular flexibility index (Phi) is 4.71. The Hall–Kier alpha value is -0.770. The van der Waals surface area contributed by atoms with Gasteiger partial charge in [0.2, 0.25) is 5.91 Å². The molecule has 0 spiro atoms. The van der Waals surface area contributed by atoms with Crippen molar-refractivity contribution in [3.63, 3.8) is 0 Å². The summed E-state index contributed by atoms with van der Waals surface area (Å²) in [6.07, 6.45) is 0. The summed E-state index contributed by atoms with van der Waals surface area (Å²) in [5.74, 6) is 0.339. The molecule has 19 heavy (non-hydrogen) atoms. The van der Waals surface area contributed by atoms with E-state index in [1.807, 2.05) is 18.2 Å². The highest BCUT2D eigenvalue weighted by molar-refractivity contribution is 6.35. The number of carbonyl (C=O) groups excluding carboxylic acids is 1. The number of amides is 1. The van der Waals surface area contributed by atoms with Gasteiger partial charge in [-0.1, -0.05) is 43.1 Å². The summed E-state index contributed by atoms with van der Waals surface area (Å²) in [7, 11) is 0. The number of nitrogens with one attached hydrogen (secondary N) is 1. The molecule has 1 fully saturated rings. The molecule has 2 rings (SSSR count). The second-order valence-electron chi connectivity index (χ2n) is 5.15. The number of hydrogen-bond donors (Lipinski definition) is 1. The first kappa shape index (κ1) is 14.6. The molecule has 0 saturated carbocycles. The van der Waals surface area contributed by atoms with E-state index in [9.17, 15) is 4.79 Å². The van der Waals surface area contributed by atoms with E-state index in [-0.39, 0.29) is 17.9 Å². The quantitative estimate of drug-likeness (QED) is 0.931. The SMILES string of the molecule is CC(C)C1C(=O)NCCN1Cc1c(Cl)cccc1Cl. The zero-order valence-electron chi connectivity index (χ0n) is 11.1. The second kappa shape index (κ2) is 6.12. The minimum atomic E-state index is -0.124. The van der Waals surface area contributed by atoms with Crippen LogP contribution in [-0.2, 0) is 11.3 Å². The van der Waals surface area contributed by atoms with Crippen LogP contribution in [0.15, 0.2) is 18.2 Å². The molecule has 1 amide bonds. The van der Waals surface area contributed by atoms with Crippen LogP contribution in [0.25, 0.3) is 0 Å². The third kappa shape index (κ3) is 3.22. The standard InChI is InChI=1S/C14H18Cl2N2O/c1-9(2)13-14(19)17-6-7-18(13)8-10-11(15)4-3-5-12(10)16/h3-5,9,13H,6-8H2,1-2H3,(H,17,19). The van der Waals surface area contributed by atoms with Crippen molar-refractivity contribution in [2.45, 2.75) is 26.4 Å². The van der Waals surface area contributed by atoms with Crippen LogP contribution in [0.1, 0.15) is 19.4 Å². The summed E-state index contributed by atoms with van der Waals surface area (Å²) < 4.78 is 0. The van der Waals surface area contributed by atoms with Crippen molar-refractivity contribution >= 4 is 29.1 Å². The van der Waals surface area contributed by atoms with Crippen molar-refractivity contribution in [1.82, 2.24) is 10.2 Å². The van der Waals surface area contributed by atoms with E-state index in [0.717, 1.165) is 12.1 Å². The molecule has 0 bridgehead atoms. The molecule has 1 atom stereocenters. The molecule has 1 unspecified atom stereocenters. The van der Waals surface area contributed by atoms with Gasteiger partial charge >= 0.3 is 0 Å². The summed E-state index contributed by atoms with van der Waals surface area (Å²) in [6.45, 7) is 6.20. The molecule has 1 N–H and O–H groups in total. The van der Waals surface area contributed by atoms with Gasteiger partial charge in [-0.05, 0) is 18.1 Å². The molecular formula is C14H18Cl2N2O. The van der Waals surface area contributed by atoms with Gasteiger partial charge in [0.1, 0.15) is 0 Å². The fourth-order valence-electron chi connectivity index (χ4n) is 2.52. The molecule has 5 heteroatoms. The second-order valence-corrected chi connectivity index (χ2v) is 5.96. The molecule has 104 valence electrons. The van der Waals surface area contributed by atoms with Gasteiger partial charge in [0.15, 0.2) is 0 Å². The fraction of sp³-hybridized carbons (Fsp3) is 0.500. The summed E-state index contributed by atoms with van der Waals surface area (Å²) in [5.41, 5.74) is 0.895. The Morgan fingerprint density at radius 3 is 2.58 bits per heavy atom. The lowest BCUT2D eigenvalue weighted by molar-refractivity contribution is -0.131. The zero-order chi connectivity index (χ0) is 14.0. The molecule has 0 radical (unpaired) electrons. The number of piperazine rings is 1. The number of nitrogens with zero attached hydrogens (tertiary/aromatic N) is 1. The molecule has 0 aliphatic carbocycles. The maximum absolute atomic E-state index is 12.0. The van der Waals surface area contributed by atoms with Gasteiger partial charge in [-0.15, -0.1) is 0 Å². The molecule has 1 aromatic rings. The average molecular weight is 301 g/mol. The van der Waals surface area contributed by atoms with E-state index in [0.29, 0.717) is 23.1 Å². The van der Waals surface area contributed by atoms with Gasteiger partial charge in [-0.3, -0.25) is 9.69 Å². The predicted octanol–water partition coefficient (Wildman–Crippen LogP) is 2.95. The number of rotatable bonds is 3. The Morgan fingerprint density at radius 2 is 2.00 bits per heavy atom. The van der Waals surface area contributed by atoms with Crippen LogP contribution < -0.4 is 5.32 Å². The summed E-state index contributed by atoms with van der Waals surface area (Å²) >= 11 is 12.4. The van der Waals surface area contributed by atoms with Crippen LogP contribution in [0, 0.1) is 5.92 Å². The van der Waals surface area contributed by atoms with E-state index in [1.165, 1.54) is 0 Å². The summed E-state index contributed by atoms with van der Waals surface area (Å²) in [6, 6.07) is 5.37. The van der Waals surface area contributed by atoms with Crippen LogP contribution in [0.3, 0.4) is 0 Å². The smallest absolute Gasteiger partial charge is 0.237 e. The molecule has 1 aromatic carbocycles.